The molecular weight excluding hydrogens is 314 g/mol. The van der Waals surface area contributed by atoms with Crippen LogP contribution in [0.5, 0.6) is 0 Å². The van der Waals surface area contributed by atoms with Crippen molar-refractivity contribution in [3.63, 3.8) is 0 Å². The van der Waals surface area contributed by atoms with Crippen molar-refractivity contribution in [3.8, 4) is 0 Å². The summed E-state index contributed by atoms with van der Waals surface area (Å²) in [6, 6.07) is 0. The molecule has 4 heteroatoms. The SMILES string of the molecule is CCCCC/C=C/C/C=C/C/C=C/C/C=C/CCCC(O)C[N+](=O)[O-]. The van der Waals surface area contributed by atoms with Crippen LogP contribution < -0.4 is 0 Å². The summed E-state index contributed by atoms with van der Waals surface area (Å²) in [5.41, 5.74) is 0. The van der Waals surface area contributed by atoms with E-state index in [2.05, 4.69) is 55.5 Å². The molecule has 0 saturated heterocycles. The standard InChI is InChI=1S/C21H35NO3/c1-2-3-4-5-6-7-8-9-10-11-12-13-14-15-16-17-18-19-21(23)20-22(24)25/h6-7,9-10,12-13,15-16,21,23H,2-5,8,11,14,17-20H2,1H3/b7-6+,10-9+,13-12+,16-15+. The second-order valence-corrected chi connectivity index (χ2v) is 6.19. The monoisotopic (exact) mass is 349 g/mol. The lowest BCUT2D eigenvalue weighted by Gasteiger charge is -2.03. The van der Waals surface area contributed by atoms with Crippen LogP contribution in [0.25, 0.3) is 0 Å². The molecule has 0 amide bonds. The van der Waals surface area contributed by atoms with E-state index in [9.17, 15) is 15.2 Å². The first kappa shape index (κ1) is 23.3. The molecule has 0 aliphatic carbocycles. The molecule has 0 aromatic carbocycles. The second-order valence-electron chi connectivity index (χ2n) is 6.19. The van der Waals surface area contributed by atoms with Crippen molar-refractivity contribution in [2.75, 3.05) is 6.54 Å². The molecule has 0 rings (SSSR count). The minimum atomic E-state index is -0.818. The lowest BCUT2D eigenvalue weighted by molar-refractivity contribution is -0.490. The Balaban J connectivity index is 3.47. The van der Waals surface area contributed by atoms with Gasteiger partial charge in [-0.1, -0.05) is 68.4 Å². The smallest absolute Gasteiger partial charge is 0.229 e. The van der Waals surface area contributed by atoms with Crippen LogP contribution in [0, 0.1) is 10.1 Å². The molecule has 0 radical (unpaired) electrons. The Hall–Kier alpha value is -1.68. The van der Waals surface area contributed by atoms with E-state index in [-0.39, 0.29) is 6.54 Å². The van der Waals surface area contributed by atoms with Crippen LogP contribution in [-0.2, 0) is 0 Å². The molecule has 1 N–H and O–H groups in total. The maximum atomic E-state index is 10.2. The number of nitrogens with zero attached hydrogens (tertiary/aromatic N) is 1. The van der Waals surface area contributed by atoms with Gasteiger partial charge in [0.25, 0.3) is 0 Å². The molecule has 4 nitrogen and oxygen atoms in total. The van der Waals surface area contributed by atoms with Crippen molar-refractivity contribution in [1.82, 2.24) is 0 Å². The van der Waals surface area contributed by atoms with E-state index >= 15 is 0 Å². The molecule has 1 unspecified atom stereocenters. The normalized spacial score (nSPS) is 13.7. The van der Waals surface area contributed by atoms with Crippen LogP contribution in [0.4, 0.5) is 0 Å². The third-order valence-corrected chi connectivity index (χ3v) is 3.73. The van der Waals surface area contributed by atoms with Crippen molar-refractivity contribution in [2.24, 2.45) is 0 Å². The molecule has 0 aliphatic rings. The highest BCUT2D eigenvalue weighted by Gasteiger charge is 2.09. The van der Waals surface area contributed by atoms with Gasteiger partial charge in [-0.3, -0.25) is 10.1 Å². The maximum absolute atomic E-state index is 10.2. The van der Waals surface area contributed by atoms with Crippen molar-refractivity contribution in [3.05, 3.63) is 58.7 Å². The Morgan fingerprint density at radius 3 is 1.80 bits per heavy atom. The van der Waals surface area contributed by atoms with Gasteiger partial charge < -0.3 is 5.11 Å². The quantitative estimate of drug-likeness (QED) is 0.166. The fourth-order valence-electron chi connectivity index (χ4n) is 2.30. The van der Waals surface area contributed by atoms with E-state index in [1.165, 1.54) is 25.7 Å². The highest BCUT2D eigenvalue weighted by atomic mass is 16.6. The van der Waals surface area contributed by atoms with Crippen LogP contribution in [0.1, 0.15) is 71.1 Å². The Morgan fingerprint density at radius 2 is 1.32 bits per heavy atom. The molecule has 0 aromatic rings. The van der Waals surface area contributed by atoms with Gasteiger partial charge in [0.15, 0.2) is 0 Å². The largest absolute Gasteiger partial charge is 0.386 e. The zero-order valence-corrected chi connectivity index (χ0v) is 15.7. The second kappa shape index (κ2) is 18.7. The van der Waals surface area contributed by atoms with Gasteiger partial charge >= 0.3 is 0 Å². The van der Waals surface area contributed by atoms with Crippen LogP contribution >= 0.6 is 0 Å². The van der Waals surface area contributed by atoms with Crippen LogP contribution in [0.15, 0.2) is 48.6 Å². The van der Waals surface area contributed by atoms with Gasteiger partial charge in [0.1, 0.15) is 6.10 Å². The molecule has 142 valence electrons. The van der Waals surface area contributed by atoms with Crippen molar-refractivity contribution < 1.29 is 10.0 Å². The van der Waals surface area contributed by atoms with Crippen molar-refractivity contribution >= 4 is 0 Å². The number of hydrogen-bond donors (Lipinski definition) is 1. The molecule has 25 heavy (non-hydrogen) atoms. The number of aliphatic hydroxyl groups is 1. The van der Waals surface area contributed by atoms with Gasteiger partial charge in [-0.15, -0.1) is 0 Å². The zero-order valence-electron chi connectivity index (χ0n) is 15.7. The molecule has 0 saturated carbocycles. The topological polar surface area (TPSA) is 63.4 Å². The summed E-state index contributed by atoms with van der Waals surface area (Å²) in [6.07, 6.45) is 26.7. The lowest BCUT2D eigenvalue weighted by atomic mass is 10.1. The van der Waals surface area contributed by atoms with Gasteiger partial charge in [0.2, 0.25) is 6.54 Å². The molecule has 0 fully saturated rings. The molecular formula is C21H35NO3. The summed E-state index contributed by atoms with van der Waals surface area (Å²) in [7, 11) is 0. The van der Waals surface area contributed by atoms with Crippen LogP contribution in [-0.4, -0.2) is 22.7 Å². The van der Waals surface area contributed by atoms with E-state index in [1.54, 1.807) is 0 Å². The zero-order chi connectivity index (χ0) is 18.6. The van der Waals surface area contributed by atoms with Crippen LogP contribution in [0.3, 0.4) is 0 Å². The lowest BCUT2D eigenvalue weighted by Crippen LogP contribution is -2.18. The summed E-state index contributed by atoms with van der Waals surface area (Å²) in [4.78, 5) is 9.74. The molecule has 0 bridgehead atoms. The van der Waals surface area contributed by atoms with Gasteiger partial charge in [0, 0.05) is 4.92 Å². The first-order valence-corrected chi connectivity index (χ1v) is 9.56. The fourth-order valence-corrected chi connectivity index (χ4v) is 2.30. The molecule has 0 spiro atoms. The molecule has 0 aromatic heterocycles. The van der Waals surface area contributed by atoms with E-state index in [0.717, 1.165) is 32.1 Å². The van der Waals surface area contributed by atoms with Crippen molar-refractivity contribution in [1.29, 1.82) is 0 Å². The first-order valence-electron chi connectivity index (χ1n) is 9.56. The third-order valence-electron chi connectivity index (χ3n) is 3.73. The van der Waals surface area contributed by atoms with Crippen molar-refractivity contribution in [2.45, 2.75) is 77.2 Å². The number of unbranched alkanes of at least 4 members (excludes halogenated alkanes) is 4. The Morgan fingerprint density at radius 1 is 0.840 bits per heavy atom. The highest BCUT2D eigenvalue weighted by molar-refractivity contribution is 4.99. The van der Waals surface area contributed by atoms with E-state index in [4.69, 9.17) is 0 Å². The Labute approximate surface area is 153 Å². The average molecular weight is 350 g/mol. The number of hydrogen-bond acceptors (Lipinski definition) is 3. The van der Waals surface area contributed by atoms with E-state index < -0.39 is 11.0 Å². The number of aliphatic hydroxyl groups excluding tert-OH is 1. The summed E-state index contributed by atoms with van der Waals surface area (Å²) >= 11 is 0. The van der Waals surface area contributed by atoms with Gasteiger partial charge in [0.05, 0.1) is 0 Å². The highest BCUT2D eigenvalue weighted by Crippen LogP contribution is 2.03. The number of allylic oxidation sites excluding steroid dienone is 8. The van der Waals surface area contributed by atoms with E-state index in [1.807, 2.05) is 0 Å². The minimum absolute atomic E-state index is 0.353. The predicted octanol–water partition coefficient (Wildman–Crippen LogP) is 5.77. The summed E-state index contributed by atoms with van der Waals surface area (Å²) in [6.45, 7) is 1.87. The predicted molar refractivity (Wildman–Crippen MR) is 106 cm³/mol. The van der Waals surface area contributed by atoms with E-state index in [0.29, 0.717) is 6.42 Å². The Bertz CT molecular complexity index is 425. The fraction of sp³-hybridized carbons (Fsp3) is 0.619. The molecule has 0 heterocycles. The number of rotatable bonds is 16. The molecule has 1 atom stereocenters. The average Bonchev–Trinajstić information content (AvgIpc) is 2.57. The number of nitro groups is 1. The maximum Gasteiger partial charge on any atom is 0.229 e. The minimum Gasteiger partial charge on any atom is -0.386 e. The van der Waals surface area contributed by atoms with Crippen LogP contribution in [0.2, 0.25) is 0 Å². The first-order chi connectivity index (χ1) is 12.2. The van der Waals surface area contributed by atoms with Gasteiger partial charge in [-0.05, 0) is 51.4 Å². The molecule has 0 aliphatic heterocycles. The summed E-state index contributed by atoms with van der Waals surface area (Å²) in [5, 5.41) is 19.6. The Kier molecular flexibility index (Phi) is 17.4. The summed E-state index contributed by atoms with van der Waals surface area (Å²) in [5.74, 6) is 0. The third kappa shape index (κ3) is 20.3. The van der Waals surface area contributed by atoms with Gasteiger partial charge in [-0.25, -0.2) is 0 Å². The van der Waals surface area contributed by atoms with Gasteiger partial charge in [-0.2, -0.15) is 0 Å². The summed E-state index contributed by atoms with van der Waals surface area (Å²) < 4.78 is 0.